The van der Waals surface area contributed by atoms with Crippen molar-refractivity contribution in [3.63, 3.8) is 0 Å². The molecule has 0 amide bonds. The van der Waals surface area contributed by atoms with Crippen LogP contribution in [0.25, 0.3) is 22.2 Å². The van der Waals surface area contributed by atoms with Crippen molar-refractivity contribution in [3.8, 4) is 11.3 Å². The van der Waals surface area contributed by atoms with E-state index >= 15 is 0 Å². The first-order valence-corrected chi connectivity index (χ1v) is 11.5. The van der Waals surface area contributed by atoms with E-state index in [1.165, 1.54) is 0 Å². The Kier molecular flexibility index (Phi) is 6.57. The van der Waals surface area contributed by atoms with Crippen LogP contribution in [-0.2, 0) is 0 Å². The standard InChI is InChI=1S/C23H34N8O/c1-4-5-8-23(2,15-32)29-21-18-13-25-19(11-20(18)27-22(24)28-21)16-12-26-31(14-16)17-6-9-30(3)10-7-17/h11-14,17,32H,4-10,15H2,1-3H3,(H3,24,27,28,29)/t23-/m1/s1. The maximum Gasteiger partial charge on any atom is 0.222 e. The van der Waals surface area contributed by atoms with Crippen molar-refractivity contribution in [2.75, 3.05) is 37.8 Å². The zero-order chi connectivity index (χ0) is 22.7. The van der Waals surface area contributed by atoms with Gasteiger partial charge >= 0.3 is 0 Å². The van der Waals surface area contributed by atoms with Crippen LogP contribution in [0, 0.1) is 0 Å². The molecule has 32 heavy (non-hydrogen) atoms. The molecule has 0 unspecified atom stereocenters. The molecule has 4 N–H and O–H groups in total. The summed E-state index contributed by atoms with van der Waals surface area (Å²) in [6, 6.07) is 2.35. The van der Waals surface area contributed by atoms with Gasteiger partial charge in [0.2, 0.25) is 5.95 Å². The molecule has 1 aliphatic heterocycles. The van der Waals surface area contributed by atoms with Crippen molar-refractivity contribution < 1.29 is 5.11 Å². The summed E-state index contributed by atoms with van der Waals surface area (Å²) < 4.78 is 2.07. The van der Waals surface area contributed by atoms with Crippen LogP contribution in [0.4, 0.5) is 11.8 Å². The lowest BCUT2D eigenvalue weighted by molar-refractivity contribution is 0.212. The van der Waals surface area contributed by atoms with Gasteiger partial charge in [-0.25, -0.2) is 4.98 Å². The van der Waals surface area contributed by atoms with Gasteiger partial charge < -0.3 is 21.1 Å². The maximum atomic E-state index is 9.97. The molecule has 3 aromatic heterocycles. The lowest BCUT2D eigenvalue weighted by Gasteiger charge is -2.29. The zero-order valence-corrected chi connectivity index (χ0v) is 19.3. The van der Waals surface area contributed by atoms with E-state index < -0.39 is 5.54 Å². The van der Waals surface area contributed by atoms with E-state index in [1.807, 2.05) is 19.2 Å². The number of unbranched alkanes of at least 4 members (excludes halogenated alkanes) is 1. The average molecular weight is 439 g/mol. The number of anilines is 2. The number of pyridine rings is 1. The first-order valence-electron chi connectivity index (χ1n) is 11.5. The number of piperidine rings is 1. The second kappa shape index (κ2) is 9.38. The van der Waals surface area contributed by atoms with Crippen molar-refractivity contribution in [1.29, 1.82) is 0 Å². The predicted molar refractivity (Wildman–Crippen MR) is 127 cm³/mol. The summed E-state index contributed by atoms with van der Waals surface area (Å²) >= 11 is 0. The van der Waals surface area contributed by atoms with Crippen molar-refractivity contribution in [2.24, 2.45) is 0 Å². The predicted octanol–water partition coefficient (Wildman–Crippen LogP) is 3.09. The highest BCUT2D eigenvalue weighted by Gasteiger charge is 2.25. The van der Waals surface area contributed by atoms with Gasteiger partial charge in [0.25, 0.3) is 0 Å². The van der Waals surface area contributed by atoms with E-state index in [1.54, 1.807) is 6.20 Å². The van der Waals surface area contributed by atoms with Gasteiger partial charge in [0, 0.05) is 18.0 Å². The number of nitrogen functional groups attached to an aromatic ring is 1. The molecule has 172 valence electrons. The van der Waals surface area contributed by atoms with Crippen molar-refractivity contribution in [2.45, 2.75) is 57.5 Å². The van der Waals surface area contributed by atoms with Crippen LogP contribution in [0.5, 0.6) is 0 Å². The second-order valence-electron chi connectivity index (χ2n) is 9.21. The molecule has 0 aliphatic carbocycles. The number of aliphatic hydroxyl groups excluding tert-OH is 1. The van der Waals surface area contributed by atoms with Gasteiger partial charge in [-0.2, -0.15) is 10.1 Å². The summed E-state index contributed by atoms with van der Waals surface area (Å²) in [6.07, 6.45) is 10.8. The summed E-state index contributed by atoms with van der Waals surface area (Å²) in [6.45, 7) is 6.30. The monoisotopic (exact) mass is 438 g/mol. The number of nitrogens with zero attached hydrogens (tertiary/aromatic N) is 6. The molecule has 9 nitrogen and oxygen atoms in total. The molecular formula is C23H34N8O. The fourth-order valence-electron chi connectivity index (χ4n) is 4.26. The van der Waals surface area contributed by atoms with Crippen LogP contribution in [0.3, 0.4) is 0 Å². The Labute approximate surface area is 189 Å². The maximum absolute atomic E-state index is 9.97. The highest BCUT2D eigenvalue weighted by atomic mass is 16.3. The van der Waals surface area contributed by atoms with Crippen LogP contribution in [0.2, 0.25) is 0 Å². The fraction of sp³-hybridized carbons (Fsp3) is 0.565. The lowest BCUT2D eigenvalue weighted by Crippen LogP contribution is -2.39. The summed E-state index contributed by atoms with van der Waals surface area (Å²) in [7, 11) is 2.16. The minimum atomic E-state index is -0.488. The summed E-state index contributed by atoms with van der Waals surface area (Å²) in [5, 5.41) is 18.7. The van der Waals surface area contributed by atoms with Gasteiger partial charge in [-0.05, 0) is 52.4 Å². The third kappa shape index (κ3) is 4.83. The number of likely N-dealkylation sites (tertiary alicyclic amines) is 1. The molecule has 1 atom stereocenters. The summed E-state index contributed by atoms with van der Waals surface area (Å²) in [5.41, 5.74) is 8.01. The molecule has 4 heterocycles. The molecule has 0 radical (unpaired) electrons. The Hall–Kier alpha value is -2.78. The highest BCUT2D eigenvalue weighted by molar-refractivity contribution is 5.91. The Morgan fingerprint density at radius 3 is 2.75 bits per heavy atom. The van der Waals surface area contributed by atoms with Crippen molar-refractivity contribution >= 4 is 22.7 Å². The molecule has 1 aliphatic rings. The summed E-state index contributed by atoms with van der Waals surface area (Å²) in [5.74, 6) is 0.788. The normalized spacial score (nSPS) is 17.5. The lowest BCUT2D eigenvalue weighted by atomic mass is 9.95. The number of nitrogens with two attached hydrogens (primary N) is 1. The highest BCUT2D eigenvalue weighted by Crippen LogP contribution is 2.29. The number of rotatable bonds is 8. The van der Waals surface area contributed by atoms with Crippen LogP contribution < -0.4 is 11.1 Å². The van der Waals surface area contributed by atoms with Crippen LogP contribution in [0.15, 0.2) is 24.7 Å². The van der Waals surface area contributed by atoms with Gasteiger partial charge in [0.1, 0.15) is 5.82 Å². The second-order valence-corrected chi connectivity index (χ2v) is 9.21. The quantitative estimate of drug-likeness (QED) is 0.491. The minimum absolute atomic E-state index is 0.0000553. The molecule has 1 saturated heterocycles. The largest absolute Gasteiger partial charge is 0.394 e. The molecule has 0 aromatic carbocycles. The molecule has 9 heteroatoms. The molecular weight excluding hydrogens is 404 g/mol. The topological polar surface area (TPSA) is 118 Å². The Balaban J connectivity index is 1.61. The number of hydrogen-bond donors (Lipinski definition) is 3. The minimum Gasteiger partial charge on any atom is -0.394 e. The van der Waals surface area contributed by atoms with Crippen LogP contribution in [-0.4, -0.2) is 67.0 Å². The molecule has 0 bridgehead atoms. The van der Waals surface area contributed by atoms with E-state index in [-0.39, 0.29) is 12.6 Å². The molecule has 3 aromatic rings. The van der Waals surface area contributed by atoms with E-state index in [2.05, 4.69) is 55.1 Å². The van der Waals surface area contributed by atoms with Gasteiger partial charge in [-0.3, -0.25) is 9.67 Å². The smallest absolute Gasteiger partial charge is 0.222 e. The van der Waals surface area contributed by atoms with Gasteiger partial charge in [0.15, 0.2) is 0 Å². The number of hydrogen-bond acceptors (Lipinski definition) is 8. The third-order valence-electron chi connectivity index (χ3n) is 6.41. The van der Waals surface area contributed by atoms with E-state index in [0.717, 1.165) is 61.8 Å². The molecule has 0 saturated carbocycles. The Morgan fingerprint density at radius 2 is 2.03 bits per heavy atom. The number of nitrogens with one attached hydrogen (secondary N) is 1. The first kappa shape index (κ1) is 22.4. The third-order valence-corrected chi connectivity index (χ3v) is 6.41. The average Bonchev–Trinajstić information content (AvgIpc) is 3.28. The Bertz CT molecular complexity index is 1060. The number of aliphatic hydroxyl groups is 1. The number of fused-ring (bicyclic) bond motifs is 1. The fourth-order valence-corrected chi connectivity index (χ4v) is 4.26. The van der Waals surface area contributed by atoms with E-state index in [9.17, 15) is 5.11 Å². The van der Waals surface area contributed by atoms with E-state index in [0.29, 0.717) is 17.4 Å². The molecule has 4 rings (SSSR count). The SMILES string of the molecule is CCCC[C@](C)(CO)Nc1nc(N)nc2cc(-c3cnn(C4CCN(C)CC4)c3)ncc12. The van der Waals surface area contributed by atoms with Gasteiger partial charge in [0.05, 0.1) is 41.0 Å². The molecule has 0 spiro atoms. The van der Waals surface area contributed by atoms with Crippen molar-refractivity contribution in [3.05, 3.63) is 24.7 Å². The van der Waals surface area contributed by atoms with Gasteiger partial charge in [-0.15, -0.1) is 0 Å². The molecule has 1 fully saturated rings. The number of aromatic nitrogens is 5. The first-order chi connectivity index (χ1) is 15.4. The van der Waals surface area contributed by atoms with Crippen LogP contribution in [0.1, 0.15) is 52.0 Å². The van der Waals surface area contributed by atoms with Gasteiger partial charge in [-0.1, -0.05) is 19.8 Å². The summed E-state index contributed by atoms with van der Waals surface area (Å²) in [4.78, 5) is 15.9. The zero-order valence-electron chi connectivity index (χ0n) is 19.3. The van der Waals surface area contributed by atoms with Crippen molar-refractivity contribution in [1.82, 2.24) is 29.6 Å². The van der Waals surface area contributed by atoms with E-state index in [4.69, 9.17) is 5.73 Å². The van der Waals surface area contributed by atoms with Crippen LogP contribution >= 0.6 is 0 Å². The Morgan fingerprint density at radius 1 is 1.25 bits per heavy atom.